The van der Waals surface area contributed by atoms with E-state index < -0.39 is 13.9 Å². The fourth-order valence-electron chi connectivity index (χ4n) is 2.54. The third kappa shape index (κ3) is 4.86. The molecule has 0 aromatic heterocycles. The lowest BCUT2D eigenvalue weighted by Gasteiger charge is -2.21. The number of ketones is 2. The van der Waals surface area contributed by atoms with Crippen molar-refractivity contribution in [3.8, 4) is 0 Å². The number of hydrogen-bond donors (Lipinski definition) is 2. The van der Waals surface area contributed by atoms with Crippen molar-refractivity contribution in [3.05, 3.63) is 23.2 Å². The van der Waals surface area contributed by atoms with Gasteiger partial charge in [0, 0.05) is 51.2 Å². The third-order valence-electron chi connectivity index (χ3n) is 4.02. The maximum atomic E-state index is 12.4. The molecule has 0 saturated carbocycles. The number of phosphoric acid groups is 1. The van der Waals surface area contributed by atoms with Crippen LogP contribution in [0.15, 0.2) is 23.2 Å². The highest BCUT2D eigenvalue weighted by Crippen LogP contribution is 2.37. The molecule has 3 heterocycles. The first-order chi connectivity index (χ1) is 12.2. The van der Waals surface area contributed by atoms with E-state index in [1.54, 1.807) is 0 Å². The Kier molecular flexibility index (Phi) is 5.46. The summed E-state index contributed by atoms with van der Waals surface area (Å²) in [6.45, 7) is 6.88. The summed E-state index contributed by atoms with van der Waals surface area (Å²) < 4.78 is 14.1. The second-order valence-corrected chi connectivity index (χ2v) is 7.94. The zero-order valence-corrected chi connectivity index (χ0v) is 15.9. The molecule has 1 aliphatic carbocycles. The van der Waals surface area contributed by atoms with Gasteiger partial charge < -0.3 is 24.5 Å². The second kappa shape index (κ2) is 7.32. The van der Waals surface area contributed by atoms with Crippen LogP contribution in [0.25, 0.3) is 0 Å². The van der Waals surface area contributed by atoms with E-state index in [0.29, 0.717) is 17.1 Å². The van der Waals surface area contributed by atoms with Crippen LogP contribution in [0.4, 0.5) is 0 Å². The average Bonchev–Trinajstić information content (AvgIpc) is 3.37. The third-order valence-corrected chi connectivity index (χ3v) is 5.09. The summed E-state index contributed by atoms with van der Waals surface area (Å²) in [6.07, 6.45) is 0.920. The summed E-state index contributed by atoms with van der Waals surface area (Å²) in [7, 11) is -4.32. The van der Waals surface area contributed by atoms with Crippen LogP contribution in [0.1, 0.15) is 6.92 Å². The van der Waals surface area contributed by atoms with Crippen molar-refractivity contribution in [1.82, 2.24) is 14.7 Å². The highest BCUT2D eigenvalue weighted by Gasteiger charge is 2.43. The number of hydrogen-bond acceptors (Lipinski definition) is 7. The normalized spacial score (nSPS) is 22.8. The van der Waals surface area contributed by atoms with E-state index in [1.807, 2.05) is 14.7 Å². The summed E-state index contributed by atoms with van der Waals surface area (Å²) in [5.74, 6) is 0.123. The lowest BCUT2D eigenvalue weighted by molar-refractivity contribution is -0.117. The molecule has 3 aliphatic heterocycles. The van der Waals surface area contributed by atoms with Gasteiger partial charge >= 0.3 is 7.82 Å². The highest BCUT2D eigenvalue weighted by molar-refractivity contribution is 7.46. The summed E-state index contributed by atoms with van der Waals surface area (Å²) in [5, 5.41) is 0. The molecule has 4 aliphatic rings. The predicted molar refractivity (Wildman–Crippen MR) is 93.2 cm³/mol. The van der Waals surface area contributed by atoms with E-state index in [0.717, 1.165) is 39.3 Å². The maximum absolute atomic E-state index is 12.4. The molecule has 11 heteroatoms. The van der Waals surface area contributed by atoms with Crippen molar-refractivity contribution in [2.45, 2.75) is 13.0 Å². The first kappa shape index (κ1) is 19.4. The van der Waals surface area contributed by atoms with Gasteiger partial charge in [-0.2, -0.15) is 0 Å². The van der Waals surface area contributed by atoms with Crippen LogP contribution >= 0.6 is 19.4 Å². The molecular weight excluding hydrogens is 385 g/mol. The lowest BCUT2D eigenvalue weighted by atomic mass is 10.0. The van der Waals surface area contributed by atoms with E-state index in [2.05, 4.69) is 4.52 Å². The molecule has 0 aromatic carbocycles. The number of phosphoric ester groups is 1. The fourth-order valence-corrected chi connectivity index (χ4v) is 3.23. The minimum absolute atomic E-state index is 0.00546. The van der Waals surface area contributed by atoms with E-state index in [1.165, 1.54) is 13.0 Å². The number of allylic oxidation sites excluding steroid dienone is 1. The first-order valence-corrected chi connectivity index (χ1v) is 10.4. The minimum Gasteiger partial charge on any atom is -0.365 e. The molecule has 0 spiro atoms. The molecule has 9 nitrogen and oxygen atoms in total. The summed E-state index contributed by atoms with van der Waals surface area (Å²) >= 11 is 5.19. The Morgan fingerprint density at radius 2 is 1.58 bits per heavy atom. The number of carbonyl (C=O) groups excluding carboxylic acids is 2. The molecule has 2 N–H and O–H groups in total. The van der Waals surface area contributed by atoms with Gasteiger partial charge in [0.05, 0.1) is 11.8 Å². The van der Waals surface area contributed by atoms with E-state index in [-0.39, 0.29) is 17.4 Å². The number of rotatable bonds is 6. The number of nitrogens with zero attached hydrogens (tertiary/aromatic N) is 3. The van der Waals surface area contributed by atoms with Gasteiger partial charge in [-0.3, -0.25) is 14.1 Å². The molecule has 3 fully saturated rings. The molecule has 144 valence electrons. The monoisotopic (exact) mass is 405 g/mol. The number of halogens is 1. The van der Waals surface area contributed by atoms with Crippen molar-refractivity contribution in [1.29, 1.82) is 0 Å². The average molecular weight is 406 g/mol. The van der Waals surface area contributed by atoms with Crippen LogP contribution in [-0.2, 0) is 18.7 Å². The van der Waals surface area contributed by atoms with Crippen molar-refractivity contribution in [2.24, 2.45) is 0 Å². The second-order valence-electron chi connectivity index (χ2n) is 6.44. The Morgan fingerprint density at radius 1 is 1.08 bits per heavy atom. The Morgan fingerprint density at radius 3 is 1.96 bits per heavy atom. The number of carbonyl (C=O) groups is 2. The van der Waals surface area contributed by atoms with Crippen LogP contribution in [0, 0.1) is 0 Å². The van der Waals surface area contributed by atoms with Gasteiger partial charge in [-0.1, -0.05) is 0 Å². The summed E-state index contributed by atoms with van der Waals surface area (Å²) in [6, 6.07) is 0. The number of Topliss-reactive ketones (excluding diaryl/α,β-unsaturated/α-hetero) is 1. The van der Waals surface area contributed by atoms with Gasteiger partial charge in [0.2, 0.25) is 11.6 Å². The molecular formula is C15H21ClN3O6P. The Labute approximate surface area is 156 Å². The minimum atomic E-state index is -4.32. The molecule has 0 amide bonds. The van der Waals surface area contributed by atoms with E-state index >= 15 is 0 Å². The van der Waals surface area contributed by atoms with Crippen LogP contribution < -0.4 is 0 Å². The molecule has 1 unspecified atom stereocenters. The molecule has 0 bridgehead atoms. The highest BCUT2D eigenvalue weighted by atomic mass is 35.5. The molecule has 4 rings (SSSR count). The van der Waals surface area contributed by atoms with Crippen LogP contribution in [-0.4, -0.2) is 87.3 Å². The summed E-state index contributed by atoms with van der Waals surface area (Å²) in [4.78, 5) is 46.8. The fraction of sp³-hybridized carbons (Fsp3) is 0.600. The Balaban J connectivity index is 0.000000188. The molecule has 0 aromatic rings. The predicted octanol–water partition coefficient (Wildman–Crippen LogP) is -0.0965. The maximum Gasteiger partial charge on any atom is 0.469 e. The van der Waals surface area contributed by atoms with Crippen molar-refractivity contribution in [3.63, 3.8) is 0 Å². The van der Waals surface area contributed by atoms with Gasteiger partial charge in [-0.25, -0.2) is 4.57 Å². The zero-order valence-electron chi connectivity index (χ0n) is 14.3. The van der Waals surface area contributed by atoms with Crippen molar-refractivity contribution >= 4 is 31.0 Å². The standard InChI is InChI=1S/C12H13N3O2.C3H8ClO4P/c16-9-7-8(13-1-2-13)12(17)11(15-5-6-15)10(9)14-3-4-14;1-3(2-4)8-9(5,6)7/h7H,1-6H2;3H,2H2,1H3,(H2,5,6,7). The van der Waals surface area contributed by atoms with Gasteiger partial charge in [0.25, 0.3) is 0 Å². The summed E-state index contributed by atoms with van der Waals surface area (Å²) in [5.41, 5.74) is 1.89. The van der Waals surface area contributed by atoms with E-state index in [9.17, 15) is 14.2 Å². The van der Waals surface area contributed by atoms with E-state index in [4.69, 9.17) is 21.4 Å². The topological polar surface area (TPSA) is 110 Å². The smallest absolute Gasteiger partial charge is 0.365 e. The number of alkyl halides is 1. The molecule has 0 radical (unpaired) electrons. The lowest BCUT2D eigenvalue weighted by Crippen LogP contribution is -2.29. The van der Waals surface area contributed by atoms with Crippen LogP contribution in [0.3, 0.4) is 0 Å². The van der Waals surface area contributed by atoms with Crippen LogP contribution in [0.5, 0.6) is 0 Å². The molecule has 3 saturated heterocycles. The molecule has 26 heavy (non-hydrogen) atoms. The van der Waals surface area contributed by atoms with Crippen LogP contribution in [0.2, 0.25) is 0 Å². The van der Waals surface area contributed by atoms with Gasteiger partial charge in [0.1, 0.15) is 11.4 Å². The molecule has 1 atom stereocenters. The van der Waals surface area contributed by atoms with Gasteiger partial charge in [-0.05, 0) is 6.92 Å². The Bertz CT molecular complexity index is 721. The Hall–Kier alpha value is -1.38. The first-order valence-electron chi connectivity index (χ1n) is 8.31. The largest absolute Gasteiger partial charge is 0.469 e. The zero-order chi connectivity index (χ0) is 19.1. The van der Waals surface area contributed by atoms with Gasteiger partial charge in [-0.15, -0.1) is 11.6 Å². The van der Waals surface area contributed by atoms with Crippen molar-refractivity contribution in [2.75, 3.05) is 45.1 Å². The van der Waals surface area contributed by atoms with Crippen molar-refractivity contribution < 1.29 is 28.5 Å². The quantitative estimate of drug-likeness (QED) is 0.271. The SMILES string of the molecule is CC(CCl)OP(=O)(O)O.O=C1C=C(N2CC2)C(=O)C(N2CC2)=C1N1CC1. The van der Waals surface area contributed by atoms with Gasteiger partial charge in [0.15, 0.2) is 0 Å².